The fourth-order valence-corrected chi connectivity index (χ4v) is 3.71. The SMILES string of the molecule is CCCN(CC1CCCNC1)C1CCCN(C)CC1. The molecular weight excluding hydrogens is 234 g/mol. The maximum atomic E-state index is 3.57. The third-order valence-corrected chi connectivity index (χ3v) is 4.84. The minimum atomic E-state index is 0.840. The lowest BCUT2D eigenvalue weighted by Gasteiger charge is -2.35. The van der Waals surface area contributed by atoms with Crippen molar-refractivity contribution in [3.63, 3.8) is 0 Å². The van der Waals surface area contributed by atoms with Gasteiger partial charge in [0.2, 0.25) is 0 Å². The number of hydrogen-bond donors (Lipinski definition) is 1. The zero-order valence-electron chi connectivity index (χ0n) is 13.0. The lowest BCUT2D eigenvalue weighted by molar-refractivity contribution is 0.141. The van der Waals surface area contributed by atoms with E-state index in [1.165, 1.54) is 77.8 Å². The van der Waals surface area contributed by atoms with Crippen molar-refractivity contribution in [2.45, 2.75) is 51.5 Å². The topological polar surface area (TPSA) is 18.5 Å². The maximum absolute atomic E-state index is 3.57. The molecule has 2 aliphatic heterocycles. The summed E-state index contributed by atoms with van der Waals surface area (Å²) in [5.74, 6) is 0.890. The van der Waals surface area contributed by atoms with Crippen molar-refractivity contribution in [2.75, 3.05) is 46.3 Å². The van der Waals surface area contributed by atoms with Crippen LogP contribution in [0.5, 0.6) is 0 Å². The van der Waals surface area contributed by atoms with E-state index in [4.69, 9.17) is 0 Å². The Hall–Kier alpha value is -0.120. The van der Waals surface area contributed by atoms with E-state index in [1.807, 2.05) is 0 Å². The fraction of sp³-hybridized carbons (Fsp3) is 1.00. The Morgan fingerprint density at radius 3 is 2.79 bits per heavy atom. The fourth-order valence-electron chi connectivity index (χ4n) is 3.71. The van der Waals surface area contributed by atoms with E-state index in [1.54, 1.807) is 0 Å². The molecule has 2 fully saturated rings. The minimum Gasteiger partial charge on any atom is -0.316 e. The van der Waals surface area contributed by atoms with Gasteiger partial charge in [-0.3, -0.25) is 0 Å². The number of hydrogen-bond acceptors (Lipinski definition) is 3. The summed E-state index contributed by atoms with van der Waals surface area (Å²) in [7, 11) is 2.28. The Morgan fingerprint density at radius 2 is 2.05 bits per heavy atom. The molecule has 2 saturated heterocycles. The molecule has 19 heavy (non-hydrogen) atoms. The molecule has 0 aromatic rings. The molecule has 2 unspecified atom stereocenters. The van der Waals surface area contributed by atoms with Crippen LogP contribution in [0.3, 0.4) is 0 Å². The van der Waals surface area contributed by atoms with Crippen LogP contribution in [0.15, 0.2) is 0 Å². The Labute approximate surface area is 119 Å². The highest BCUT2D eigenvalue weighted by atomic mass is 15.2. The van der Waals surface area contributed by atoms with E-state index in [0.717, 1.165) is 12.0 Å². The smallest absolute Gasteiger partial charge is 0.0108 e. The molecule has 0 aromatic carbocycles. The van der Waals surface area contributed by atoms with Crippen LogP contribution in [-0.4, -0.2) is 62.2 Å². The van der Waals surface area contributed by atoms with E-state index in [0.29, 0.717) is 0 Å². The summed E-state index contributed by atoms with van der Waals surface area (Å²) in [5.41, 5.74) is 0. The summed E-state index contributed by atoms with van der Waals surface area (Å²) in [5, 5.41) is 3.57. The normalized spacial score (nSPS) is 30.5. The molecule has 2 heterocycles. The molecule has 112 valence electrons. The third kappa shape index (κ3) is 5.05. The molecule has 0 amide bonds. The molecule has 0 spiro atoms. The molecule has 3 heteroatoms. The van der Waals surface area contributed by atoms with Gasteiger partial charge >= 0.3 is 0 Å². The second-order valence-corrected chi connectivity index (χ2v) is 6.60. The van der Waals surface area contributed by atoms with Gasteiger partial charge in [-0.25, -0.2) is 0 Å². The van der Waals surface area contributed by atoms with Crippen molar-refractivity contribution in [3.05, 3.63) is 0 Å². The number of nitrogens with one attached hydrogen (secondary N) is 1. The predicted octanol–water partition coefficient (Wildman–Crippen LogP) is 2.18. The third-order valence-electron chi connectivity index (χ3n) is 4.84. The number of nitrogens with zero attached hydrogens (tertiary/aromatic N) is 2. The van der Waals surface area contributed by atoms with Gasteiger partial charge in [0.1, 0.15) is 0 Å². The largest absolute Gasteiger partial charge is 0.316 e. The molecule has 2 atom stereocenters. The maximum Gasteiger partial charge on any atom is 0.0108 e. The molecule has 3 nitrogen and oxygen atoms in total. The first-order valence-electron chi connectivity index (χ1n) is 8.43. The summed E-state index contributed by atoms with van der Waals surface area (Å²) in [4.78, 5) is 5.32. The zero-order valence-corrected chi connectivity index (χ0v) is 13.0. The average molecular weight is 267 g/mol. The van der Waals surface area contributed by atoms with Crippen LogP contribution in [-0.2, 0) is 0 Å². The molecule has 0 radical (unpaired) electrons. The van der Waals surface area contributed by atoms with Crippen LogP contribution in [0, 0.1) is 5.92 Å². The van der Waals surface area contributed by atoms with Crippen molar-refractivity contribution in [2.24, 2.45) is 5.92 Å². The molecule has 0 aliphatic carbocycles. The predicted molar refractivity (Wildman–Crippen MR) is 82.6 cm³/mol. The Kier molecular flexibility index (Phi) is 6.62. The van der Waals surface area contributed by atoms with Gasteiger partial charge in [0.25, 0.3) is 0 Å². The highest BCUT2D eigenvalue weighted by Gasteiger charge is 2.24. The zero-order chi connectivity index (χ0) is 13.5. The monoisotopic (exact) mass is 267 g/mol. The van der Waals surface area contributed by atoms with E-state index < -0.39 is 0 Å². The van der Waals surface area contributed by atoms with Crippen LogP contribution in [0.2, 0.25) is 0 Å². The van der Waals surface area contributed by atoms with Gasteiger partial charge in [-0.2, -0.15) is 0 Å². The van der Waals surface area contributed by atoms with Crippen molar-refractivity contribution < 1.29 is 0 Å². The van der Waals surface area contributed by atoms with E-state index in [-0.39, 0.29) is 0 Å². The van der Waals surface area contributed by atoms with Gasteiger partial charge in [0, 0.05) is 12.6 Å². The van der Waals surface area contributed by atoms with Gasteiger partial charge in [-0.15, -0.1) is 0 Å². The summed E-state index contributed by atoms with van der Waals surface area (Å²) in [6.07, 6.45) is 8.26. The molecule has 2 rings (SSSR count). The van der Waals surface area contributed by atoms with Crippen LogP contribution < -0.4 is 5.32 Å². The highest BCUT2D eigenvalue weighted by molar-refractivity contribution is 4.80. The Balaban J connectivity index is 1.86. The van der Waals surface area contributed by atoms with E-state index in [9.17, 15) is 0 Å². The highest BCUT2D eigenvalue weighted by Crippen LogP contribution is 2.20. The summed E-state index contributed by atoms with van der Waals surface area (Å²) >= 11 is 0. The van der Waals surface area contributed by atoms with Crippen LogP contribution in [0.25, 0.3) is 0 Å². The second-order valence-electron chi connectivity index (χ2n) is 6.60. The van der Waals surface area contributed by atoms with Gasteiger partial charge in [0.15, 0.2) is 0 Å². The van der Waals surface area contributed by atoms with Crippen molar-refractivity contribution in [1.82, 2.24) is 15.1 Å². The van der Waals surface area contributed by atoms with Crippen molar-refractivity contribution in [1.29, 1.82) is 0 Å². The number of rotatable bonds is 5. The molecule has 2 aliphatic rings. The molecule has 0 bridgehead atoms. The lowest BCUT2D eigenvalue weighted by Crippen LogP contribution is -2.43. The quantitative estimate of drug-likeness (QED) is 0.824. The van der Waals surface area contributed by atoms with E-state index >= 15 is 0 Å². The minimum absolute atomic E-state index is 0.840. The first-order chi connectivity index (χ1) is 9.29. The Bertz CT molecular complexity index is 238. The van der Waals surface area contributed by atoms with Crippen molar-refractivity contribution in [3.8, 4) is 0 Å². The standard InChI is InChI=1S/C16H33N3/c1-3-10-19(14-15-6-4-9-17-13-15)16-7-5-11-18(2)12-8-16/h15-17H,3-14H2,1-2H3. The first-order valence-corrected chi connectivity index (χ1v) is 8.43. The van der Waals surface area contributed by atoms with Gasteiger partial charge in [-0.1, -0.05) is 6.92 Å². The van der Waals surface area contributed by atoms with Crippen LogP contribution in [0.4, 0.5) is 0 Å². The van der Waals surface area contributed by atoms with Gasteiger partial charge < -0.3 is 15.1 Å². The number of piperidine rings is 1. The summed E-state index contributed by atoms with van der Waals surface area (Å²) < 4.78 is 0. The lowest BCUT2D eigenvalue weighted by atomic mass is 9.97. The molecule has 1 N–H and O–H groups in total. The van der Waals surface area contributed by atoms with Crippen LogP contribution in [0.1, 0.15) is 45.4 Å². The van der Waals surface area contributed by atoms with Gasteiger partial charge in [-0.05, 0) is 84.2 Å². The number of likely N-dealkylation sites (tertiary alicyclic amines) is 1. The summed E-state index contributed by atoms with van der Waals surface area (Å²) in [6, 6.07) is 0.840. The molecule has 0 aromatic heterocycles. The second kappa shape index (κ2) is 8.23. The summed E-state index contributed by atoms with van der Waals surface area (Å²) in [6.45, 7) is 10.0. The molecule has 0 saturated carbocycles. The van der Waals surface area contributed by atoms with Gasteiger partial charge in [0.05, 0.1) is 0 Å². The Morgan fingerprint density at radius 1 is 1.16 bits per heavy atom. The average Bonchev–Trinajstić information content (AvgIpc) is 2.64. The van der Waals surface area contributed by atoms with Crippen molar-refractivity contribution >= 4 is 0 Å². The first kappa shape index (κ1) is 15.3. The van der Waals surface area contributed by atoms with E-state index in [2.05, 4.69) is 29.1 Å². The van der Waals surface area contributed by atoms with Crippen LogP contribution >= 0.6 is 0 Å². The molecular formula is C16H33N3.